The van der Waals surface area contributed by atoms with Crippen molar-refractivity contribution in [1.29, 1.82) is 0 Å². The van der Waals surface area contributed by atoms with E-state index in [4.69, 9.17) is 4.74 Å². The number of rotatable bonds is 7. The van der Waals surface area contributed by atoms with Crippen molar-refractivity contribution >= 4 is 23.0 Å². The fourth-order valence-electron chi connectivity index (χ4n) is 3.38. The lowest BCUT2D eigenvalue weighted by molar-refractivity contribution is 0.122. The van der Waals surface area contributed by atoms with E-state index in [-0.39, 0.29) is 11.9 Å². The number of hydrogen-bond donors (Lipinski definition) is 2. The minimum atomic E-state index is -0.195. The molecule has 5 nitrogen and oxygen atoms in total. The van der Waals surface area contributed by atoms with Crippen LogP contribution in [0.15, 0.2) is 35.3 Å². The number of thiophene rings is 1. The molecular formula is C22H31FN4OS. The van der Waals surface area contributed by atoms with E-state index in [0.29, 0.717) is 25.4 Å². The second kappa shape index (κ2) is 10.6. The van der Waals surface area contributed by atoms with E-state index in [0.717, 1.165) is 37.6 Å². The van der Waals surface area contributed by atoms with Crippen LogP contribution >= 0.6 is 11.3 Å². The number of hydrogen-bond acceptors (Lipinski definition) is 4. The highest BCUT2D eigenvalue weighted by Gasteiger charge is 2.15. The van der Waals surface area contributed by atoms with Crippen LogP contribution in [0.2, 0.25) is 0 Å². The zero-order valence-electron chi connectivity index (χ0n) is 17.5. The summed E-state index contributed by atoms with van der Waals surface area (Å²) in [6.07, 6.45) is 0.950. The van der Waals surface area contributed by atoms with Gasteiger partial charge in [0.25, 0.3) is 0 Å². The molecule has 1 aromatic heterocycles. The Balaban J connectivity index is 1.60. The highest BCUT2D eigenvalue weighted by atomic mass is 32.1. The highest BCUT2D eigenvalue weighted by Crippen LogP contribution is 2.22. The van der Waals surface area contributed by atoms with Crippen LogP contribution in [0.25, 0.3) is 0 Å². The van der Waals surface area contributed by atoms with Crippen molar-refractivity contribution in [2.24, 2.45) is 4.99 Å². The third-order valence-electron chi connectivity index (χ3n) is 4.81. The molecule has 1 atom stereocenters. The molecule has 158 valence electrons. The van der Waals surface area contributed by atoms with E-state index < -0.39 is 0 Å². The first-order valence-corrected chi connectivity index (χ1v) is 11.1. The molecule has 1 aromatic carbocycles. The summed E-state index contributed by atoms with van der Waals surface area (Å²) < 4.78 is 19.9. The first-order chi connectivity index (χ1) is 14.0. The van der Waals surface area contributed by atoms with Gasteiger partial charge in [-0.15, -0.1) is 11.3 Å². The Morgan fingerprint density at radius 3 is 2.72 bits per heavy atom. The number of anilines is 1. The number of nitrogens with zero attached hydrogens (tertiary/aromatic N) is 2. The van der Waals surface area contributed by atoms with Crippen LogP contribution in [0.5, 0.6) is 0 Å². The fourth-order valence-corrected chi connectivity index (χ4v) is 4.40. The highest BCUT2D eigenvalue weighted by molar-refractivity contribution is 7.11. The van der Waals surface area contributed by atoms with Crippen molar-refractivity contribution in [3.05, 3.63) is 51.5 Å². The molecule has 0 aliphatic carbocycles. The lowest BCUT2D eigenvalue weighted by Gasteiger charge is -2.29. The molecule has 0 spiro atoms. The van der Waals surface area contributed by atoms with E-state index in [2.05, 4.69) is 41.6 Å². The number of aryl methyl sites for hydroxylation is 1. The SMILES string of the molecule is CCNC(=NCc1ccc(N2CCOCC2)c(F)c1)NC(C)Cc1ccc(C)s1. The number of halogens is 1. The van der Waals surface area contributed by atoms with Crippen molar-refractivity contribution in [1.82, 2.24) is 10.6 Å². The maximum Gasteiger partial charge on any atom is 0.191 e. The first kappa shape index (κ1) is 21.6. The van der Waals surface area contributed by atoms with Crippen molar-refractivity contribution in [3.63, 3.8) is 0 Å². The predicted molar refractivity (Wildman–Crippen MR) is 120 cm³/mol. The standard InChI is InChI=1S/C22H31FN4OS/c1-4-24-22(26-16(2)13-19-7-5-17(3)29-19)25-15-18-6-8-21(20(23)14-18)27-9-11-28-12-10-27/h5-8,14,16H,4,9-13,15H2,1-3H3,(H2,24,25,26). The van der Waals surface area contributed by atoms with Crippen LogP contribution in [0, 0.1) is 12.7 Å². The van der Waals surface area contributed by atoms with Crippen molar-refractivity contribution < 1.29 is 9.13 Å². The van der Waals surface area contributed by atoms with Gasteiger partial charge in [-0.1, -0.05) is 6.07 Å². The third-order valence-corrected chi connectivity index (χ3v) is 5.84. The predicted octanol–water partition coefficient (Wildman–Crippen LogP) is 3.72. The lowest BCUT2D eigenvalue weighted by Crippen LogP contribution is -2.43. The molecule has 0 radical (unpaired) electrons. The largest absolute Gasteiger partial charge is 0.378 e. The maximum atomic E-state index is 14.6. The lowest BCUT2D eigenvalue weighted by atomic mass is 10.1. The third kappa shape index (κ3) is 6.44. The van der Waals surface area contributed by atoms with Gasteiger partial charge >= 0.3 is 0 Å². The van der Waals surface area contributed by atoms with Crippen molar-refractivity contribution in [2.75, 3.05) is 37.7 Å². The molecule has 1 aliphatic rings. The van der Waals surface area contributed by atoms with Gasteiger partial charge in [0.15, 0.2) is 5.96 Å². The van der Waals surface area contributed by atoms with Crippen molar-refractivity contribution in [3.8, 4) is 0 Å². The Kier molecular flexibility index (Phi) is 7.89. The number of benzene rings is 1. The van der Waals surface area contributed by atoms with Gasteiger partial charge < -0.3 is 20.3 Å². The van der Waals surface area contributed by atoms with E-state index in [1.807, 2.05) is 35.3 Å². The van der Waals surface area contributed by atoms with Gasteiger partial charge in [-0.3, -0.25) is 0 Å². The van der Waals surface area contributed by atoms with E-state index >= 15 is 0 Å². The Bertz CT molecular complexity index is 817. The first-order valence-electron chi connectivity index (χ1n) is 10.3. The molecule has 0 saturated carbocycles. The fraction of sp³-hybridized carbons (Fsp3) is 0.500. The van der Waals surface area contributed by atoms with Crippen LogP contribution in [0.1, 0.15) is 29.2 Å². The second-order valence-electron chi connectivity index (χ2n) is 7.34. The molecule has 29 heavy (non-hydrogen) atoms. The summed E-state index contributed by atoms with van der Waals surface area (Å²) in [7, 11) is 0. The van der Waals surface area contributed by atoms with E-state index in [1.165, 1.54) is 9.75 Å². The summed E-state index contributed by atoms with van der Waals surface area (Å²) in [5, 5.41) is 6.73. The Hall–Kier alpha value is -2.12. The maximum absolute atomic E-state index is 14.6. The zero-order valence-corrected chi connectivity index (χ0v) is 18.3. The minimum absolute atomic E-state index is 0.195. The van der Waals surface area contributed by atoms with Gasteiger partial charge in [0.05, 0.1) is 25.4 Å². The second-order valence-corrected chi connectivity index (χ2v) is 8.71. The van der Waals surface area contributed by atoms with Crippen LogP contribution in [0.4, 0.5) is 10.1 Å². The molecule has 2 N–H and O–H groups in total. The molecular weight excluding hydrogens is 387 g/mol. The molecule has 2 heterocycles. The topological polar surface area (TPSA) is 48.9 Å². The Morgan fingerprint density at radius 1 is 1.28 bits per heavy atom. The molecule has 3 rings (SSSR count). The van der Waals surface area contributed by atoms with Gasteiger partial charge in [-0.25, -0.2) is 9.38 Å². The van der Waals surface area contributed by atoms with E-state index in [1.54, 1.807) is 6.07 Å². The molecule has 7 heteroatoms. The Labute approximate surface area is 177 Å². The van der Waals surface area contributed by atoms with Crippen LogP contribution in [-0.4, -0.2) is 44.8 Å². The molecule has 0 amide bonds. The average Bonchev–Trinajstić information content (AvgIpc) is 3.11. The smallest absolute Gasteiger partial charge is 0.191 e. The van der Waals surface area contributed by atoms with E-state index in [9.17, 15) is 4.39 Å². The summed E-state index contributed by atoms with van der Waals surface area (Å²) in [6, 6.07) is 10.00. The van der Waals surface area contributed by atoms with Crippen LogP contribution in [0.3, 0.4) is 0 Å². The molecule has 1 saturated heterocycles. The molecule has 1 fully saturated rings. The van der Waals surface area contributed by atoms with Gasteiger partial charge in [0, 0.05) is 41.9 Å². The minimum Gasteiger partial charge on any atom is -0.378 e. The normalized spacial score (nSPS) is 16.0. The molecule has 1 aliphatic heterocycles. The quantitative estimate of drug-likeness (QED) is 0.532. The summed E-state index contributed by atoms with van der Waals surface area (Å²) in [5.74, 6) is 0.560. The number of nitrogens with one attached hydrogen (secondary N) is 2. The summed E-state index contributed by atoms with van der Waals surface area (Å²) in [6.45, 7) is 10.3. The van der Waals surface area contributed by atoms with Gasteiger partial charge in [-0.05, 0) is 50.6 Å². The monoisotopic (exact) mass is 418 g/mol. The Morgan fingerprint density at radius 2 is 2.07 bits per heavy atom. The summed E-state index contributed by atoms with van der Waals surface area (Å²) in [5.41, 5.74) is 1.50. The van der Waals surface area contributed by atoms with Gasteiger partial charge in [-0.2, -0.15) is 0 Å². The number of ether oxygens (including phenoxy) is 1. The average molecular weight is 419 g/mol. The van der Waals surface area contributed by atoms with Crippen molar-refractivity contribution in [2.45, 2.75) is 39.8 Å². The molecule has 1 unspecified atom stereocenters. The molecule has 0 bridgehead atoms. The van der Waals surface area contributed by atoms with Gasteiger partial charge in [0.1, 0.15) is 5.82 Å². The van der Waals surface area contributed by atoms with Gasteiger partial charge in [0.2, 0.25) is 0 Å². The summed E-state index contributed by atoms with van der Waals surface area (Å²) in [4.78, 5) is 9.37. The number of morpholine rings is 1. The summed E-state index contributed by atoms with van der Waals surface area (Å²) >= 11 is 1.83. The molecule has 2 aromatic rings. The number of aliphatic imine (C=N–C) groups is 1. The van der Waals surface area contributed by atoms with Crippen LogP contribution in [-0.2, 0) is 17.7 Å². The zero-order chi connectivity index (χ0) is 20.6. The van der Waals surface area contributed by atoms with Crippen LogP contribution < -0.4 is 15.5 Å². The number of guanidine groups is 1.